The van der Waals surface area contributed by atoms with Crippen LogP contribution in [0.4, 0.5) is 0 Å². The van der Waals surface area contributed by atoms with Crippen LogP contribution in [0.1, 0.15) is 73.6 Å². The van der Waals surface area contributed by atoms with Gasteiger partial charge in [0.2, 0.25) is 0 Å². The lowest BCUT2D eigenvalue weighted by Crippen LogP contribution is -2.71. The molecule has 1 N–H and O–H groups in total. The van der Waals surface area contributed by atoms with Crippen molar-refractivity contribution in [3.05, 3.63) is 0 Å². The van der Waals surface area contributed by atoms with Crippen LogP contribution in [0, 0.1) is 22.7 Å². The van der Waals surface area contributed by atoms with Crippen LogP contribution in [0.2, 0.25) is 0 Å². The third-order valence-electron chi connectivity index (χ3n) is 8.97. The Bertz CT molecular complexity index is 750. The summed E-state index contributed by atoms with van der Waals surface area (Å²) in [4.78, 5) is 25.3. The van der Waals surface area contributed by atoms with Crippen LogP contribution < -0.4 is 0 Å². The van der Waals surface area contributed by atoms with E-state index < -0.39 is 34.1 Å². The normalized spacial score (nSPS) is 48.9. The fraction of sp³-hybridized carbons (Fsp3) is 0.917. The van der Waals surface area contributed by atoms with Crippen LogP contribution in [0.15, 0.2) is 0 Å². The molecule has 0 unspecified atom stereocenters. The fourth-order valence-corrected chi connectivity index (χ4v) is 7.52. The van der Waals surface area contributed by atoms with E-state index in [1.165, 1.54) is 6.92 Å². The molecule has 0 radical (unpaired) electrons. The number of carbonyl (C=O) groups is 2. The van der Waals surface area contributed by atoms with E-state index in [0.717, 1.165) is 12.8 Å². The van der Waals surface area contributed by atoms with Crippen LogP contribution in [0.25, 0.3) is 0 Å². The Kier molecular flexibility index (Phi) is 5.60. The quantitative estimate of drug-likeness (QED) is 0.677. The molecule has 2 saturated carbocycles. The molecule has 2 aliphatic heterocycles. The van der Waals surface area contributed by atoms with E-state index in [1.54, 1.807) is 0 Å². The first-order valence-electron chi connectivity index (χ1n) is 11.7. The van der Waals surface area contributed by atoms with Gasteiger partial charge in [0, 0.05) is 42.6 Å². The maximum Gasteiger partial charge on any atom is 0.302 e. The van der Waals surface area contributed by atoms with Crippen molar-refractivity contribution in [1.29, 1.82) is 0 Å². The highest BCUT2D eigenvalue weighted by molar-refractivity contribution is 5.89. The molecule has 2 saturated heterocycles. The van der Waals surface area contributed by atoms with Gasteiger partial charge in [-0.25, -0.2) is 0 Å². The standard InChI is InChI=1S/C24H38O7/c1-7-28-17-12-23(13-29-17)10-11-24(31-23)14(2)18(26)19(27)20-21(4,5)16(30-15(3)25)8-9-22(20,24)6/h14,16-18,20,26H,7-13H2,1-6H3/t14-,16-,17-,18-,20+,22+,23+,24-/m0/s1. The van der Waals surface area contributed by atoms with Crippen molar-refractivity contribution < 1.29 is 33.6 Å². The second-order valence-corrected chi connectivity index (χ2v) is 11.0. The number of hydrogen-bond acceptors (Lipinski definition) is 7. The molecule has 4 fully saturated rings. The van der Waals surface area contributed by atoms with E-state index >= 15 is 0 Å². The summed E-state index contributed by atoms with van der Waals surface area (Å²) >= 11 is 0. The van der Waals surface area contributed by atoms with Crippen molar-refractivity contribution in [2.75, 3.05) is 13.2 Å². The predicted octanol–water partition coefficient (Wildman–Crippen LogP) is 3.01. The van der Waals surface area contributed by atoms with Crippen molar-refractivity contribution in [3.63, 3.8) is 0 Å². The highest BCUT2D eigenvalue weighted by Crippen LogP contribution is 2.67. The molecule has 31 heavy (non-hydrogen) atoms. The lowest BCUT2D eigenvalue weighted by Gasteiger charge is -2.64. The number of fused-ring (bicyclic) bond motifs is 2. The van der Waals surface area contributed by atoms with E-state index in [1.807, 2.05) is 27.7 Å². The van der Waals surface area contributed by atoms with Gasteiger partial charge in [-0.1, -0.05) is 27.7 Å². The Hall–Kier alpha value is -1.02. The first-order chi connectivity index (χ1) is 14.4. The van der Waals surface area contributed by atoms with Gasteiger partial charge >= 0.3 is 5.97 Å². The average molecular weight is 439 g/mol. The smallest absolute Gasteiger partial charge is 0.302 e. The zero-order valence-electron chi connectivity index (χ0n) is 19.7. The highest BCUT2D eigenvalue weighted by Gasteiger charge is 2.73. The van der Waals surface area contributed by atoms with Gasteiger partial charge in [-0.15, -0.1) is 0 Å². The number of rotatable bonds is 3. The molecule has 2 spiro atoms. The molecule has 176 valence electrons. The number of aliphatic hydroxyl groups excluding tert-OH is 1. The average Bonchev–Trinajstić information content (AvgIpc) is 3.26. The molecule has 0 aromatic carbocycles. The molecular formula is C24H38O7. The van der Waals surface area contributed by atoms with Crippen LogP contribution in [0.3, 0.4) is 0 Å². The summed E-state index contributed by atoms with van der Waals surface area (Å²) in [6.45, 7) is 12.5. The molecule has 0 aromatic heterocycles. The van der Waals surface area contributed by atoms with Crippen molar-refractivity contribution >= 4 is 11.8 Å². The Labute approximate surface area is 185 Å². The first kappa shape index (κ1) is 23.1. The molecule has 8 atom stereocenters. The Morgan fingerprint density at radius 1 is 1.23 bits per heavy atom. The highest BCUT2D eigenvalue weighted by atomic mass is 16.7. The maximum absolute atomic E-state index is 13.5. The van der Waals surface area contributed by atoms with Gasteiger partial charge in [-0.2, -0.15) is 0 Å². The van der Waals surface area contributed by atoms with Gasteiger partial charge in [0.1, 0.15) is 12.2 Å². The summed E-state index contributed by atoms with van der Waals surface area (Å²) in [7, 11) is 0. The van der Waals surface area contributed by atoms with Gasteiger partial charge in [0.15, 0.2) is 12.1 Å². The van der Waals surface area contributed by atoms with E-state index in [4.69, 9.17) is 18.9 Å². The lowest BCUT2D eigenvalue weighted by atomic mass is 9.43. The topological polar surface area (TPSA) is 91.3 Å². The number of esters is 1. The number of ether oxygens (including phenoxy) is 4. The minimum atomic E-state index is -1.10. The summed E-state index contributed by atoms with van der Waals surface area (Å²) < 4.78 is 24.2. The van der Waals surface area contributed by atoms with Crippen molar-refractivity contribution in [2.24, 2.45) is 22.7 Å². The van der Waals surface area contributed by atoms with Crippen molar-refractivity contribution in [1.82, 2.24) is 0 Å². The molecule has 0 aromatic rings. The molecule has 4 aliphatic rings. The molecule has 0 amide bonds. The predicted molar refractivity (Wildman–Crippen MR) is 112 cm³/mol. The van der Waals surface area contributed by atoms with E-state index in [2.05, 4.69) is 6.92 Å². The Morgan fingerprint density at radius 3 is 2.58 bits per heavy atom. The summed E-state index contributed by atoms with van der Waals surface area (Å²) in [6.07, 6.45) is 1.88. The number of hydrogen-bond donors (Lipinski definition) is 1. The van der Waals surface area contributed by atoms with E-state index in [9.17, 15) is 14.7 Å². The van der Waals surface area contributed by atoms with Gasteiger partial charge in [-0.05, 0) is 32.6 Å². The minimum absolute atomic E-state index is 0.151. The van der Waals surface area contributed by atoms with Gasteiger partial charge in [-0.3, -0.25) is 9.59 Å². The largest absolute Gasteiger partial charge is 0.462 e. The second kappa shape index (κ2) is 7.51. The van der Waals surface area contributed by atoms with Crippen LogP contribution in [-0.2, 0) is 28.5 Å². The van der Waals surface area contributed by atoms with Crippen LogP contribution in [0.5, 0.6) is 0 Å². The Balaban J connectivity index is 1.71. The van der Waals surface area contributed by atoms with Gasteiger partial charge in [0.25, 0.3) is 0 Å². The summed E-state index contributed by atoms with van der Waals surface area (Å²) in [5.74, 6) is -1.28. The SMILES string of the molecule is CCO[C@@H]1C[C@]2(CC[C@]3(O2)[C@@H](C)[C@H](O)C(=O)[C@@H]2C(C)(C)[C@@H](OC(C)=O)CC[C@]23C)CO1. The zero-order chi connectivity index (χ0) is 22.8. The first-order valence-corrected chi connectivity index (χ1v) is 11.7. The molecule has 2 heterocycles. The van der Waals surface area contributed by atoms with Gasteiger partial charge < -0.3 is 24.1 Å². The number of ketones is 1. The maximum atomic E-state index is 13.5. The second-order valence-electron chi connectivity index (χ2n) is 11.0. The van der Waals surface area contributed by atoms with E-state index in [0.29, 0.717) is 32.5 Å². The van der Waals surface area contributed by atoms with Crippen LogP contribution in [-0.4, -0.2) is 59.8 Å². The minimum Gasteiger partial charge on any atom is -0.462 e. The molecule has 0 bridgehead atoms. The molecule has 7 heteroatoms. The summed E-state index contributed by atoms with van der Waals surface area (Å²) in [5, 5.41) is 11.1. The molecule has 2 aliphatic carbocycles. The summed E-state index contributed by atoms with van der Waals surface area (Å²) in [5.41, 5.74) is -2.17. The molecule has 4 rings (SSSR count). The lowest BCUT2D eigenvalue weighted by molar-refractivity contribution is -0.266. The fourth-order valence-electron chi connectivity index (χ4n) is 7.52. The summed E-state index contributed by atoms with van der Waals surface area (Å²) in [6, 6.07) is 0. The molecular weight excluding hydrogens is 400 g/mol. The molecule has 7 nitrogen and oxygen atoms in total. The third kappa shape index (κ3) is 3.22. The Morgan fingerprint density at radius 2 is 1.94 bits per heavy atom. The van der Waals surface area contributed by atoms with Crippen molar-refractivity contribution in [2.45, 2.75) is 103 Å². The van der Waals surface area contributed by atoms with Gasteiger partial charge in [0.05, 0.1) is 17.8 Å². The zero-order valence-corrected chi connectivity index (χ0v) is 19.7. The third-order valence-corrected chi connectivity index (χ3v) is 8.97. The van der Waals surface area contributed by atoms with Crippen LogP contribution >= 0.6 is 0 Å². The van der Waals surface area contributed by atoms with E-state index in [-0.39, 0.29) is 30.1 Å². The number of aliphatic hydroxyl groups is 1. The number of Topliss-reactive ketones (excluding diaryl/α,β-unsaturated/α-hetero) is 1. The monoisotopic (exact) mass is 438 g/mol. The number of carbonyl (C=O) groups excluding carboxylic acids is 2. The van der Waals surface area contributed by atoms with Crippen molar-refractivity contribution in [3.8, 4) is 0 Å².